The lowest BCUT2D eigenvalue weighted by Gasteiger charge is -2.14. The van der Waals surface area contributed by atoms with Crippen LogP contribution in [0.3, 0.4) is 0 Å². The van der Waals surface area contributed by atoms with Gasteiger partial charge in [0.15, 0.2) is 0 Å². The van der Waals surface area contributed by atoms with Gasteiger partial charge in [-0.1, -0.05) is 36.4 Å². The normalized spacial score (nSPS) is 16.9. The van der Waals surface area contributed by atoms with E-state index in [0.29, 0.717) is 5.56 Å². The molecule has 1 atom stereocenters. The summed E-state index contributed by atoms with van der Waals surface area (Å²) >= 11 is 0. The molecule has 0 bridgehead atoms. The van der Waals surface area contributed by atoms with Crippen LogP contribution in [0, 0.1) is 0 Å². The van der Waals surface area contributed by atoms with Crippen LogP contribution in [0.1, 0.15) is 33.9 Å². The molecule has 2 aromatic rings. The van der Waals surface area contributed by atoms with Gasteiger partial charge in [0, 0.05) is 0 Å². The van der Waals surface area contributed by atoms with E-state index < -0.39 is 0 Å². The van der Waals surface area contributed by atoms with Gasteiger partial charge in [0.05, 0.1) is 11.6 Å². The number of aryl methyl sites for hydroxylation is 1. The first-order valence-electron chi connectivity index (χ1n) is 6.42. The lowest BCUT2D eigenvalue weighted by molar-refractivity contribution is 0.0934. The molecule has 0 heterocycles. The number of para-hydroxylation sites is 1. The smallest absolute Gasteiger partial charge is 0.255 e. The van der Waals surface area contributed by atoms with E-state index in [1.807, 2.05) is 12.1 Å². The van der Waals surface area contributed by atoms with Crippen LogP contribution in [-0.4, -0.2) is 11.0 Å². The number of carbonyl (C=O) groups is 1. The second-order valence-electron chi connectivity index (χ2n) is 4.78. The van der Waals surface area contributed by atoms with Gasteiger partial charge in [-0.15, -0.1) is 0 Å². The molecule has 3 rings (SSSR count). The van der Waals surface area contributed by atoms with E-state index in [0.717, 1.165) is 12.8 Å². The zero-order valence-corrected chi connectivity index (χ0v) is 10.5. The number of phenols is 1. The van der Waals surface area contributed by atoms with Crippen molar-refractivity contribution in [1.82, 2.24) is 5.32 Å². The van der Waals surface area contributed by atoms with Gasteiger partial charge in [-0.2, -0.15) is 0 Å². The van der Waals surface area contributed by atoms with Crippen molar-refractivity contribution in [3.63, 3.8) is 0 Å². The van der Waals surface area contributed by atoms with Crippen LogP contribution in [0.4, 0.5) is 0 Å². The Morgan fingerprint density at radius 2 is 1.84 bits per heavy atom. The van der Waals surface area contributed by atoms with E-state index in [1.165, 1.54) is 17.2 Å². The SMILES string of the molecule is O=C(N[C@@H]1CCc2ccccc21)c1ccccc1O. The van der Waals surface area contributed by atoms with E-state index >= 15 is 0 Å². The number of fused-ring (bicyclic) bond motifs is 1. The Morgan fingerprint density at radius 1 is 1.11 bits per heavy atom. The molecule has 0 spiro atoms. The van der Waals surface area contributed by atoms with Gasteiger partial charge < -0.3 is 10.4 Å². The number of hydrogen-bond donors (Lipinski definition) is 2. The highest BCUT2D eigenvalue weighted by Gasteiger charge is 2.24. The molecule has 0 unspecified atom stereocenters. The topological polar surface area (TPSA) is 49.3 Å². The molecule has 3 heteroatoms. The minimum Gasteiger partial charge on any atom is -0.507 e. The molecule has 0 radical (unpaired) electrons. The van der Waals surface area contributed by atoms with Crippen molar-refractivity contribution >= 4 is 5.91 Å². The minimum absolute atomic E-state index is 0.0197. The molecule has 19 heavy (non-hydrogen) atoms. The van der Waals surface area contributed by atoms with Gasteiger partial charge in [-0.25, -0.2) is 0 Å². The standard InChI is InChI=1S/C16H15NO2/c18-15-8-4-3-7-13(15)16(19)17-14-10-9-11-5-1-2-6-12(11)14/h1-8,14,18H,9-10H2,(H,17,19)/t14-/m1/s1. The molecule has 2 N–H and O–H groups in total. The number of hydrogen-bond acceptors (Lipinski definition) is 2. The van der Waals surface area contributed by atoms with Crippen LogP contribution in [0.25, 0.3) is 0 Å². The number of benzene rings is 2. The molecule has 2 aromatic carbocycles. The quantitative estimate of drug-likeness (QED) is 0.864. The number of carbonyl (C=O) groups excluding carboxylic acids is 1. The lowest BCUT2D eigenvalue weighted by atomic mass is 10.1. The van der Waals surface area contributed by atoms with Crippen molar-refractivity contribution in [2.75, 3.05) is 0 Å². The molecule has 0 fully saturated rings. The Balaban J connectivity index is 1.81. The third-order valence-corrected chi connectivity index (χ3v) is 3.59. The molecule has 1 aliphatic rings. The Hall–Kier alpha value is -2.29. The predicted molar refractivity (Wildman–Crippen MR) is 73.1 cm³/mol. The molecule has 3 nitrogen and oxygen atoms in total. The fourth-order valence-corrected chi connectivity index (χ4v) is 2.61. The maximum absolute atomic E-state index is 12.2. The zero-order valence-electron chi connectivity index (χ0n) is 10.5. The fourth-order valence-electron chi connectivity index (χ4n) is 2.61. The summed E-state index contributed by atoms with van der Waals surface area (Å²) in [7, 11) is 0. The largest absolute Gasteiger partial charge is 0.507 e. The number of amides is 1. The number of nitrogens with one attached hydrogen (secondary N) is 1. The Labute approximate surface area is 111 Å². The highest BCUT2D eigenvalue weighted by molar-refractivity contribution is 5.97. The maximum Gasteiger partial charge on any atom is 0.255 e. The van der Waals surface area contributed by atoms with Crippen molar-refractivity contribution < 1.29 is 9.90 Å². The van der Waals surface area contributed by atoms with Crippen LogP contribution in [0.2, 0.25) is 0 Å². The summed E-state index contributed by atoms with van der Waals surface area (Å²) in [5.74, 6) is -0.203. The van der Waals surface area contributed by atoms with Gasteiger partial charge in [0.1, 0.15) is 5.75 Å². The first kappa shape index (κ1) is 11.8. The molecule has 0 saturated heterocycles. The molecule has 0 aromatic heterocycles. The van der Waals surface area contributed by atoms with Crippen molar-refractivity contribution in [1.29, 1.82) is 0 Å². The third kappa shape index (κ3) is 2.19. The highest BCUT2D eigenvalue weighted by atomic mass is 16.3. The van der Waals surface area contributed by atoms with E-state index in [-0.39, 0.29) is 17.7 Å². The first-order chi connectivity index (χ1) is 9.25. The summed E-state index contributed by atoms with van der Waals surface area (Å²) in [6.07, 6.45) is 1.90. The second-order valence-corrected chi connectivity index (χ2v) is 4.78. The van der Waals surface area contributed by atoms with Gasteiger partial charge >= 0.3 is 0 Å². The van der Waals surface area contributed by atoms with Crippen LogP contribution >= 0.6 is 0 Å². The van der Waals surface area contributed by atoms with E-state index in [1.54, 1.807) is 18.2 Å². The van der Waals surface area contributed by atoms with Gasteiger partial charge in [-0.3, -0.25) is 4.79 Å². The van der Waals surface area contributed by atoms with E-state index in [2.05, 4.69) is 17.4 Å². The summed E-state index contributed by atoms with van der Waals surface area (Å²) in [5, 5.41) is 12.7. The third-order valence-electron chi connectivity index (χ3n) is 3.59. The molecule has 1 aliphatic carbocycles. The highest BCUT2D eigenvalue weighted by Crippen LogP contribution is 2.31. The van der Waals surface area contributed by atoms with Gasteiger partial charge in [0.25, 0.3) is 5.91 Å². The number of phenolic OH excluding ortho intramolecular Hbond substituents is 1. The summed E-state index contributed by atoms with van der Waals surface area (Å²) in [6, 6.07) is 14.8. The van der Waals surface area contributed by atoms with Crippen molar-refractivity contribution in [3.05, 3.63) is 65.2 Å². The van der Waals surface area contributed by atoms with Crippen LogP contribution in [0.15, 0.2) is 48.5 Å². The van der Waals surface area contributed by atoms with Crippen LogP contribution < -0.4 is 5.32 Å². The van der Waals surface area contributed by atoms with Crippen LogP contribution in [0.5, 0.6) is 5.75 Å². The minimum atomic E-state index is -0.222. The van der Waals surface area contributed by atoms with Gasteiger partial charge in [-0.05, 0) is 36.1 Å². The number of rotatable bonds is 2. The molecular formula is C16H15NO2. The summed E-state index contributed by atoms with van der Waals surface area (Å²) in [5.41, 5.74) is 2.81. The zero-order chi connectivity index (χ0) is 13.2. The summed E-state index contributed by atoms with van der Waals surface area (Å²) in [6.45, 7) is 0. The molecule has 96 valence electrons. The van der Waals surface area contributed by atoms with Crippen molar-refractivity contribution in [2.45, 2.75) is 18.9 Å². The Kier molecular flexibility index (Phi) is 2.95. The average molecular weight is 253 g/mol. The molecule has 0 saturated carbocycles. The summed E-state index contributed by atoms with van der Waals surface area (Å²) in [4.78, 5) is 12.2. The Morgan fingerprint density at radius 3 is 2.68 bits per heavy atom. The molecule has 0 aliphatic heterocycles. The van der Waals surface area contributed by atoms with Crippen molar-refractivity contribution in [3.8, 4) is 5.75 Å². The average Bonchev–Trinajstić information content (AvgIpc) is 2.83. The molecule has 1 amide bonds. The molecular weight excluding hydrogens is 238 g/mol. The number of aromatic hydroxyl groups is 1. The maximum atomic E-state index is 12.2. The predicted octanol–water partition coefficient (Wildman–Crippen LogP) is 2.81. The Bertz CT molecular complexity index is 622. The lowest BCUT2D eigenvalue weighted by Crippen LogP contribution is -2.27. The summed E-state index contributed by atoms with van der Waals surface area (Å²) < 4.78 is 0. The second kappa shape index (κ2) is 4.76. The van der Waals surface area contributed by atoms with Crippen molar-refractivity contribution in [2.24, 2.45) is 0 Å². The van der Waals surface area contributed by atoms with Gasteiger partial charge in [0.2, 0.25) is 0 Å². The first-order valence-corrected chi connectivity index (χ1v) is 6.42. The fraction of sp³-hybridized carbons (Fsp3) is 0.188. The monoisotopic (exact) mass is 253 g/mol. The van der Waals surface area contributed by atoms with E-state index in [9.17, 15) is 9.90 Å². The van der Waals surface area contributed by atoms with Crippen LogP contribution in [-0.2, 0) is 6.42 Å². The van der Waals surface area contributed by atoms with E-state index in [4.69, 9.17) is 0 Å².